The van der Waals surface area contributed by atoms with E-state index in [0.717, 1.165) is 19.3 Å². The number of ketones is 1. The summed E-state index contributed by atoms with van der Waals surface area (Å²) in [6.07, 6.45) is 4.59. The van der Waals surface area contributed by atoms with Gasteiger partial charge in [-0.25, -0.2) is 0 Å². The van der Waals surface area contributed by atoms with Gasteiger partial charge in [-0.1, -0.05) is 6.92 Å². The molecule has 2 bridgehead atoms. The summed E-state index contributed by atoms with van der Waals surface area (Å²) in [5.41, 5.74) is -0.317. The smallest absolute Gasteiger partial charge is 0.200 e. The first-order valence-electron chi connectivity index (χ1n) is 6.30. The number of hydrogen-bond donors (Lipinski definition) is 1. The molecule has 0 radical (unpaired) electrons. The average Bonchev–Trinajstić information content (AvgIpc) is 2.25. The molecule has 0 saturated heterocycles. The number of methoxy groups -OCH3 is 1. The van der Waals surface area contributed by atoms with Gasteiger partial charge in [0.05, 0.1) is 5.60 Å². The van der Waals surface area contributed by atoms with Crippen molar-refractivity contribution in [1.82, 2.24) is 0 Å². The van der Waals surface area contributed by atoms with Crippen LogP contribution in [-0.2, 0) is 9.53 Å². The van der Waals surface area contributed by atoms with E-state index in [4.69, 9.17) is 4.74 Å². The molecule has 0 heterocycles. The van der Waals surface area contributed by atoms with Gasteiger partial charge >= 0.3 is 0 Å². The first-order valence-corrected chi connectivity index (χ1v) is 6.30. The third-order valence-electron chi connectivity index (χ3n) is 4.69. The topological polar surface area (TPSA) is 46.5 Å². The van der Waals surface area contributed by atoms with Gasteiger partial charge in [0, 0.05) is 13.0 Å². The van der Waals surface area contributed by atoms with Gasteiger partial charge in [0.15, 0.2) is 11.5 Å². The zero-order valence-corrected chi connectivity index (χ0v) is 11.1. The van der Waals surface area contributed by atoms with Crippen molar-refractivity contribution in [2.75, 3.05) is 7.11 Å². The Labute approximate surface area is 103 Å². The van der Waals surface area contributed by atoms with Gasteiger partial charge in [-0.3, -0.25) is 4.79 Å². The molecule has 0 aromatic rings. The zero-order valence-electron chi connectivity index (χ0n) is 11.1. The minimum atomic E-state index is -0.306. The Kier molecular flexibility index (Phi) is 2.85. The van der Waals surface area contributed by atoms with E-state index in [9.17, 15) is 9.90 Å². The van der Waals surface area contributed by atoms with E-state index >= 15 is 0 Å². The second-order valence-corrected chi connectivity index (χ2v) is 6.31. The maximum atomic E-state index is 12.1. The zero-order chi connectivity index (χ0) is 12.8. The second-order valence-electron chi connectivity index (χ2n) is 6.31. The van der Waals surface area contributed by atoms with Crippen LogP contribution in [0.5, 0.6) is 0 Å². The quantitative estimate of drug-likeness (QED) is 0.804. The molecule has 1 saturated carbocycles. The predicted octanol–water partition coefficient (Wildman–Crippen LogP) is 2.86. The Bertz CT molecular complexity index is 370. The van der Waals surface area contributed by atoms with Crippen molar-refractivity contribution in [3.8, 4) is 0 Å². The van der Waals surface area contributed by atoms with Crippen LogP contribution in [-0.4, -0.2) is 23.6 Å². The lowest BCUT2D eigenvalue weighted by atomic mass is 9.58. The molecule has 3 heteroatoms. The Morgan fingerprint density at radius 1 is 1.53 bits per heavy atom. The Hall–Kier alpha value is -0.830. The fraction of sp³-hybridized carbons (Fsp3) is 0.786. The molecular formula is C14H22O3. The number of fused-ring (bicyclic) bond motifs is 2. The number of hydrogen-bond acceptors (Lipinski definition) is 3. The Balaban J connectivity index is 2.33. The number of carbonyl (C=O) groups is 1. The van der Waals surface area contributed by atoms with Crippen LogP contribution in [0.15, 0.2) is 11.8 Å². The summed E-state index contributed by atoms with van der Waals surface area (Å²) in [4.78, 5) is 12.1. The Morgan fingerprint density at radius 2 is 2.18 bits per heavy atom. The van der Waals surface area contributed by atoms with Gasteiger partial charge in [-0.05, 0) is 50.5 Å². The van der Waals surface area contributed by atoms with Crippen molar-refractivity contribution in [3.05, 3.63) is 11.8 Å². The summed E-state index contributed by atoms with van der Waals surface area (Å²) in [5, 5.41) is 9.78. The van der Waals surface area contributed by atoms with Gasteiger partial charge in [0.1, 0.15) is 0 Å². The van der Waals surface area contributed by atoms with Crippen LogP contribution in [0.4, 0.5) is 0 Å². The van der Waals surface area contributed by atoms with E-state index in [2.05, 4.69) is 6.92 Å². The molecule has 0 spiro atoms. The predicted molar refractivity (Wildman–Crippen MR) is 65.7 cm³/mol. The maximum absolute atomic E-state index is 12.1. The lowest BCUT2D eigenvalue weighted by Gasteiger charge is -2.48. The van der Waals surface area contributed by atoms with Crippen LogP contribution in [0, 0.1) is 17.3 Å². The lowest BCUT2D eigenvalue weighted by molar-refractivity contribution is -0.136. The molecule has 2 aliphatic rings. The van der Waals surface area contributed by atoms with Crippen LogP contribution in [0.25, 0.3) is 0 Å². The summed E-state index contributed by atoms with van der Waals surface area (Å²) in [5.74, 6) is -0.0321. The summed E-state index contributed by atoms with van der Waals surface area (Å²) < 4.78 is 5.53. The highest BCUT2D eigenvalue weighted by Crippen LogP contribution is 2.51. The standard InChI is InChI=1S/C14H22O3/c1-13(2,17-4)10-5-6-14(3)7-9(10)12(16)11(15)8-14/h8-10,15H,5-7H2,1-4H3/t9-,10+,14-/m0/s1. The largest absolute Gasteiger partial charge is 0.505 e. The third kappa shape index (κ3) is 2.01. The fourth-order valence-corrected chi connectivity index (χ4v) is 3.41. The van der Waals surface area contributed by atoms with E-state index in [1.165, 1.54) is 0 Å². The minimum Gasteiger partial charge on any atom is -0.505 e. The average molecular weight is 238 g/mol. The number of ether oxygens (including phenoxy) is 1. The number of rotatable bonds is 2. The fourth-order valence-electron chi connectivity index (χ4n) is 3.41. The van der Waals surface area contributed by atoms with E-state index in [1.807, 2.05) is 13.8 Å². The van der Waals surface area contributed by atoms with E-state index in [-0.39, 0.29) is 34.4 Å². The molecule has 0 aromatic carbocycles. The maximum Gasteiger partial charge on any atom is 0.200 e. The number of Topliss-reactive ketones (excluding diaryl/α,β-unsaturated/α-hetero) is 1. The molecule has 17 heavy (non-hydrogen) atoms. The van der Waals surface area contributed by atoms with Crippen LogP contribution in [0.3, 0.4) is 0 Å². The summed E-state index contributed by atoms with van der Waals surface area (Å²) in [6, 6.07) is 0. The summed E-state index contributed by atoms with van der Waals surface area (Å²) >= 11 is 0. The van der Waals surface area contributed by atoms with Gasteiger partial charge in [0.25, 0.3) is 0 Å². The van der Waals surface area contributed by atoms with Crippen LogP contribution in [0.1, 0.15) is 40.0 Å². The van der Waals surface area contributed by atoms with Crippen molar-refractivity contribution < 1.29 is 14.6 Å². The molecule has 2 rings (SSSR count). The van der Waals surface area contributed by atoms with Gasteiger partial charge in [-0.15, -0.1) is 0 Å². The molecule has 3 nitrogen and oxygen atoms in total. The minimum absolute atomic E-state index is 0.0109. The monoisotopic (exact) mass is 238 g/mol. The SMILES string of the molecule is COC(C)(C)[C@@H]1CC[C@]2(C)C=C(O)C(=O)[C@H]1C2. The van der Waals surface area contributed by atoms with Crippen molar-refractivity contribution in [2.45, 2.75) is 45.6 Å². The van der Waals surface area contributed by atoms with Gasteiger partial charge < -0.3 is 9.84 Å². The highest BCUT2D eigenvalue weighted by Gasteiger charge is 2.49. The normalized spacial score (nSPS) is 37.9. The molecule has 1 N–H and O–H groups in total. The molecule has 3 atom stereocenters. The highest BCUT2D eigenvalue weighted by molar-refractivity contribution is 5.96. The Morgan fingerprint density at radius 3 is 2.76 bits per heavy atom. The highest BCUT2D eigenvalue weighted by atomic mass is 16.5. The number of aliphatic hydroxyl groups excluding tert-OH is 1. The third-order valence-corrected chi connectivity index (χ3v) is 4.69. The number of carbonyl (C=O) groups excluding carboxylic acids is 1. The number of aliphatic hydroxyl groups is 1. The van der Waals surface area contributed by atoms with E-state index < -0.39 is 0 Å². The molecule has 0 unspecified atom stereocenters. The second kappa shape index (κ2) is 3.84. The van der Waals surface area contributed by atoms with Crippen molar-refractivity contribution >= 4 is 5.78 Å². The molecular weight excluding hydrogens is 216 g/mol. The summed E-state index contributed by atoms with van der Waals surface area (Å²) in [7, 11) is 1.69. The van der Waals surface area contributed by atoms with Crippen molar-refractivity contribution in [1.29, 1.82) is 0 Å². The molecule has 96 valence electrons. The molecule has 2 aliphatic carbocycles. The van der Waals surface area contributed by atoms with Crippen molar-refractivity contribution in [3.63, 3.8) is 0 Å². The van der Waals surface area contributed by atoms with E-state index in [0.29, 0.717) is 0 Å². The first-order chi connectivity index (χ1) is 7.79. The van der Waals surface area contributed by atoms with E-state index in [1.54, 1.807) is 13.2 Å². The van der Waals surface area contributed by atoms with Gasteiger partial charge in [-0.2, -0.15) is 0 Å². The molecule has 1 fully saturated rings. The molecule has 0 amide bonds. The van der Waals surface area contributed by atoms with Crippen LogP contribution < -0.4 is 0 Å². The molecule has 0 aliphatic heterocycles. The first kappa shape index (κ1) is 12.6. The van der Waals surface area contributed by atoms with Crippen LogP contribution >= 0.6 is 0 Å². The number of allylic oxidation sites excluding steroid dienone is 2. The molecule has 0 aromatic heterocycles. The lowest BCUT2D eigenvalue weighted by Crippen LogP contribution is -2.48. The summed E-state index contributed by atoms with van der Waals surface area (Å²) in [6.45, 7) is 6.19. The van der Waals surface area contributed by atoms with Crippen molar-refractivity contribution in [2.24, 2.45) is 17.3 Å². The van der Waals surface area contributed by atoms with Crippen LogP contribution in [0.2, 0.25) is 0 Å². The van der Waals surface area contributed by atoms with Gasteiger partial charge in [0.2, 0.25) is 0 Å².